The third kappa shape index (κ3) is 4.24. The second-order valence-electron chi connectivity index (χ2n) is 8.79. The van der Waals surface area contributed by atoms with Crippen molar-refractivity contribution >= 4 is 32.6 Å². The molecular weight excluding hydrogens is 483 g/mol. The van der Waals surface area contributed by atoms with Crippen molar-refractivity contribution < 1.29 is 17.5 Å². The zero-order valence-electron chi connectivity index (χ0n) is 20.0. The molecule has 11 heteroatoms. The number of fused-ring (bicyclic) bond motifs is 1. The molecule has 0 aliphatic carbocycles. The Labute approximate surface area is 208 Å². The Balaban J connectivity index is 1.57. The summed E-state index contributed by atoms with van der Waals surface area (Å²) in [7, 11) is -2.54. The Morgan fingerprint density at radius 2 is 1.94 bits per heavy atom. The van der Waals surface area contributed by atoms with Gasteiger partial charge >= 0.3 is 0 Å². The first-order valence-corrected chi connectivity index (χ1v) is 13.1. The summed E-state index contributed by atoms with van der Waals surface area (Å²) in [5.74, 6) is 0.0905. The van der Waals surface area contributed by atoms with Crippen molar-refractivity contribution in [3.05, 3.63) is 60.3 Å². The fraction of sp³-hybridized carbons (Fsp3) is 0.280. The topological polar surface area (TPSA) is 124 Å². The first kappa shape index (κ1) is 24.0. The van der Waals surface area contributed by atoms with Crippen LogP contribution in [0.2, 0.25) is 0 Å². The number of nitrogen functional groups attached to an aromatic ring is 1. The molecule has 0 spiro atoms. The molecule has 0 bridgehead atoms. The second-order valence-corrected chi connectivity index (χ2v) is 10.5. The molecule has 2 aromatic carbocycles. The van der Waals surface area contributed by atoms with Crippen molar-refractivity contribution in [3.8, 4) is 16.9 Å². The first-order valence-electron chi connectivity index (χ1n) is 11.6. The Morgan fingerprint density at radius 3 is 2.67 bits per heavy atom. The number of ether oxygens (including phenoxy) is 1. The zero-order valence-corrected chi connectivity index (χ0v) is 20.8. The van der Waals surface area contributed by atoms with Crippen molar-refractivity contribution in [2.75, 3.05) is 30.7 Å². The number of methoxy groups -OCH3 is 1. The molecule has 0 unspecified atom stereocenters. The minimum atomic E-state index is -4.05. The number of hydrogen-bond acceptors (Lipinski definition) is 7. The van der Waals surface area contributed by atoms with Crippen molar-refractivity contribution in [1.82, 2.24) is 19.9 Å². The van der Waals surface area contributed by atoms with Gasteiger partial charge in [0.15, 0.2) is 5.82 Å². The van der Waals surface area contributed by atoms with Crippen LogP contribution in [0.15, 0.2) is 53.8 Å². The lowest BCUT2D eigenvalue weighted by atomic mass is 10.0. The molecule has 1 aliphatic heterocycles. The number of benzene rings is 2. The summed E-state index contributed by atoms with van der Waals surface area (Å²) in [5.41, 5.74) is 8.05. The van der Waals surface area contributed by atoms with E-state index < -0.39 is 15.8 Å². The third-order valence-electron chi connectivity index (χ3n) is 6.55. The van der Waals surface area contributed by atoms with E-state index in [1.807, 2.05) is 10.8 Å². The van der Waals surface area contributed by atoms with Gasteiger partial charge in [0.25, 0.3) is 10.0 Å². The highest BCUT2D eigenvalue weighted by Crippen LogP contribution is 2.38. The van der Waals surface area contributed by atoms with Crippen LogP contribution in [-0.4, -0.2) is 43.2 Å². The molecule has 9 nitrogen and oxygen atoms in total. The van der Waals surface area contributed by atoms with E-state index in [2.05, 4.69) is 20.0 Å². The summed E-state index contributed by atoms with van der Waals surface area (Å²) in [6, 6.07) is 9.23. The van der Waals surface area contributed by atoms with Crippen molar-refractivity contribution in [3.63, 3.8) is 0 Å². The molecule has 36 heavy (non-hydrogen) atoms. The molecule has 0 radical (unpaired) electrons. The van der Waals surface area contributed by atoms with Gasteiger partial charge in [0, 0.05) is 23.4 Å². The molecule has 1 saturated heterocycles. The molecule has 5 rings (SSSR count). The van der Waals surface area contributed by atoms with Crippen LogP contribution in [0.1, 0.15) is 24.4 Å². The summed E-state index contributed by atoms with van der Waals surface area (Å²) >= 11 is 0. The van der Waals surface area contributed by atoms with E-state index in [1.54, 1.807) is 25.1 Å². The molecule has 188 valence electrons. The first-order chi connectivity index (χ1) is 17.3. The molecule has 0 saturated carbocycles. The third-order valence-corrected chi connectivity index (χ3v) is 7.91. The number of aromatic nitrogens is 3. The van der Waals surface area contributed by atoms with Gasteiger partial charge in [0.2, 0.25) is 0 Å². The second kappa shape index (κ2) is 9.40. The van der Waals surface area contributed by atoms with Crippen LogP contribution >= 0.6 is 0 Å². The maximum Gasteiger partial charge on any atom is 0.262 e. The largest absolute Gasteiger partial charge is 0.496 e. The highest BCUT2D eigenvalue weighted by Gasteiger charge is 2.25. The molecule has 4 aromatic rings. The highest BCUT2D eigenvalue weighted by atomic mass is 32.2. The standard InChI is InChI=1S/C25H27FN6O3S/c1-15-12-17(6-7-21(15)35-2)36(33,34)31-20-5-3-4-18(23(20)26)19-13-32(16-8-10-28-11-9-16)25-22(19)24(27)29-14-30-25/h3-7,12-14,16,28,31H,8-11H2,1-2H3,(H2,27,29,30). The number of anilines is 2. The number of sulfonamides is 1. The van der Waals surface area contributed by atoms with Crippen LogP contribution in [0, 0.1) is 12.7 Å². The Kier molecular flexibility index (Phi) is 6.27. The van der Waals surface area contributed by atoms with E-state index >= 15 is 4.39 Å². The molecular formula is C25H27FN6O3S. The Morgan fingerprint density at radius 1 is 1.17 bits per heavy atom. The summed E-state index contributed by atoms with van der Waals surface area (Å²) in [5, 5.41) is 3.88. The van der Waals surface area contributed by atoms with Crippen LogP contribution in [-0.2, 0) is 10.0 Å². The molecule has 0 amide bonds. The SMILES string of the molecule is COc1ccc(S(=O)(=O)Nc2cccc(-c3cn(C4CCNCC4)c4ncnc(N)c34)c2F)cc1C. The predicted molar refractivity (Wildman–Crippen MR) is 137 cm³/mol. The molecule has 1 fully saturated rings. The smallest absolute Gasteiger partial charge is 0.262 e. The predicted octanol–water partition coefficient (Wildman–Crippen LogP) is 3.86. The lowest BCUT2D eigenvalue weighted by Crippen LogP contribution is -2.29. The number of hydrogen-bond donors (Lipinski definition) is 3. The van der Waals surface area contributed by atoms with Gasteiger partial charge in [-0.2, -0.15) is 0 Å². The summed E-state index contributed by atoms with van der Waals surface area (Å²) in [6.45, 7) is 3.48. The van der Waals surface area contributed by atoms with Crippen LogP contribution in [0.3, 0.4) is 0 Å². The molecule has 3 heterocycles. The highest BCUT2D eigenvalue weighted by molar-refractivity contribution is 7.92. The van der Waals surface area contributed by atoms with Gasteiger partial charge in [-0.3, -0.25) is 4.72 Å². The normalized spacial score (nSPS) is 14.8. The number of nitrogens with one attached hydrogen (secondary N) is 2. The molecule has 1 aliphatic rings. The molecule has 2 aromatic heterocycles. The van der Waals surface area contributed by atoms with Crippen molar-refractivity contribution in [2.45, 2.75) is 30.7 Å². The Bertz CT molecular complexity index is 1550. The number of aryl methyl sites for hydroxylation is 1. The van der Waals surface area contributed by atoms with Gasteiger partial charge in [-0.05, 0) is 62.7 Å². The maximum absolute atomic E-state index is 15.9. The summed E-state index contributed by atoms with van der Waals surface area (Å²) in [6.07, 6.45) is 5.04. The number of piperidine rings is 1. The van der Waals surface area contributed by atoms with E-state index in [4.69, 9.17) is 10.5 Å². The fourth-order valence-corrected chi connectivity index (χ4v) is 5.86. The minimum Gasteiger partial charge on any atom is -0.496 e. The van der Waals surface area contributed by atoms with E-state index in [9.17, 15) is 8.42 Å². The molecule has 0 atom stereocenters. The van der Waals surface area contributed by atoms with Gasteiger partial charge < -0.3 is 20.4 Å². The van der Waals surface area contributed by atoms with Gasteiger partial charge in [-0.25, -0.2) is 22.8 Å². The lowest BCUT2D eigenvalue weighted by Gasteiger charge is -2.24. The number of nitrogens with zero attached hydrogens (tertiary/aromatic N) is 3. The van der Waals surface area contributed by atoms with Crippen molar-refractivity contribution in [2.24, 2.45) is 0 Å². The maximum atomic E-state index is 15.9. The van der Waals surface area contributed by atoms with Gasteiger partial charge in [-0.15, -0.1) is 0 Å². The monoisotopic (exact) mass is 510 g/mol. The van der Waals surface area contributed by atoms with Gasteiger partial charge in [0.1, 0.15) is 23.5 Å². The van der Waals surface area contributed by atoms with Crippen LogP contribution in [0.25, 0.3) is 22.2 Å². The summed E-state index contributed by atoms with van der Waals surface area (Å²) < 4.78 is 51.6. The quantitative estimate of drug-likeness (QED) is 0.360. The van der Waals surface area contributed by atoms with Crippen molar-refractivity contribution in [1.29, 1.82) is 0 Å². The number of halogens is 1. The Hall–Kier alpha value is -3.70. The number of rotatable bonds is 6. The minimum absolute atomic E-state index is 0.00533. The summed E-state index contributed by atoms with van der Waals surface area (Å²) in [4.78, 5) is 8.57. The number of nitrogens with two attached hydrogens (primary N) is 1. The average Bonchev–Trinajstić information content (AvgIpc) is 3.26. The zero-order chi connectivity index (χ0) is 25.4. The van der Waals surface area contributed by atoms with Gasteiger partial charge in [-0.1, -0.05) is 12.1 Å². The lowest BCUT2D eigenvalue weighted by molar-refractivity contribution is 0.375. The van der Waals surface area contributed by atoms with E-state index in [1.165, 1.54) is 31.6 Å². The average molecular weight is 511 g/mol. The van der Waals surface area contributed by atoms with Gasteiger partial charge in [0.05, 0.1) is 23.1 Å². The van der Waals surface area contributed by atoms with Crippen LogP contribution in [0.5, 0.6) is 5.75 Å². The van der Waals surface area contributed by atoms with Crippen LogP contribution in [0.4, 0.5) is 15.9 Å². The van der Waals surface area contributed by atoms with E-state index in [0.29, 0.717) is 27.9 Å². The van der Waals surface area contributed by atoms with E-state index in [-0.39, 0.29) is 28.0 Å². The molecule has 4 N–H and O–H groups in total. The fourth-order valence-electron chi connectivity index (χ4n) is 4.72. The van der Waals surface area contributed by atoms with E-state index in [0.717, 1.165) is 25.9 Å². The van der Waals surface area contributed by atoms with Crippen LogP contribution < -0.4 is 20.5 Å².